The topological polar surface area (TPSA) is 52.6 Å². The van der Waals surface area contributed by atoms with E-state index in [9.17, 15) is 4.79 Å². The van der Waals surface area contributed by atoms with Gasteiger partial charge in [0.2, 0.25) is 5.91 Å². The second-order valence-electron chi connectivity index (χ2n) is 4.20. The first-order valence-electron chi connectivity index (χ1n) is 5.45. The summed E-state index contributed by atoms with van der Waals surface area (Å²) in [6.07, 6.45) is 3.46. The molecule has 1 aliphatic carbocycles. The van der Waals surface area contributed by atoms with Gasteiger partial charge in [-0.1, -0.05) is 0 Å². The van der Waals surface area contributed by atoms with Crippen LogP contribution in [0.2, 0.25) is 0 Å². The van der Waals surface area contributed by atoms with E-state index in [4.69, 9.17) is 5.11 Å². The van der Waals surface area contributed by atoms with Gasteiger partial charge in [-0.05, 0) is 19.3 Å². The van der Waals surface area contributed by atoms with Crippen LogP contribution in [0.5, 0.6) is 0 Å². The Morgan fingerprint density at radius 3 is 2.50 bits per heavy atom. The average molecular weight is 198 g/mol. The molecule has 0 aromatic rings. The SMILES string of the molecule is O=C(C1CNC1)N(CCO)C1CCC1. The maximum Gasteiger partial charge on any atom is 0.228 e. The predicted molar refractivity (Wildman–Crippen MR) is 52.8 cm³/mol. The largest absolute Gasteiger partial charge is 0.395 e. The molecule has 0 aromatic carbocycles. The van der Waals surface area contributed by atoms with E-state index in [0.29, 0.717) is 12.6 Å². The van der Waals surface area contributed by atoms with E-state index in [1.165, 1.54) is 6.42 Å². The van der Waals surface area contributed by atoms with Crippen LogP contribution in [0, 0.1) is 5.92 Å². The summed E-state index contributed by atoms with van der Waals surface area (Å²) in [6, 6.07) is 0.412. The second kappa shape index (κ2) is 4.28. The van der Waals surface area contributed by atoms with Crippen molar-refractivity contribution in [3.8, 4) is 0 Å². The number of rotatable bonds is 4. The normalized spacial score (nSPS) is 22.6. The summed E-state index contributed by atoms with van der Waals surface area (Å²) >= 11 is 0. The Labute approximate surface area is 84.3 Å². The van der Waals surface area contributed by atoms with E-state index in [1.807, 2.05) is 4.90 Å². The molecule has 4 heteroatoms. The summed E-state index contributed by atoms with van der Waals surface area (Å²) in [7, 11) is 0. The van der Waals surface area contributed by atoms with Crippen LogP contribution in [0.4, 0.5) is 0 Å². The molecule has 2 N–H and O–H groups in total. The molecule has 1 saturated heterocycles. The lowest BCUT2D eigenvalue weighted by Gasteiger charge is -2.41. The van der Waals surface area contributed by atoms with Gasteiger partial charge in [-0.25, -0.2) is 0 Å². The molecular weight excluding hydrogens is 180 g/mol. The molecule has 80 valence electrons. The van der Waals surface area contributed by atoms with Crippen molar-refractivity contribution in [3.05, 3.63) is 0 Å². The third kappa shape index (κ3) is 1.77. The van der Waals surface area contributed by atoms with Crippen molar-refractivity contribution in [1.29, 1.82) is 0 Å². The highest BCUT2D eigenvalue weighted by Gasteiger charge is 2.34. The molecule has 0 aromatic heterocycles. The number of nitrogens with one attached hydrogen (secondary N) is 1. The molecule has 0 radical (unpaired) electrons. The van der Waals surface area contributed by atoms with Crippen LogP contribution < -0.4 is 5.32 Å². The monoisotopic (exact) mass is 198 g/mol. The van der Waals surface area contributed by atoms with Crippen LogP contribution in [0.3, 0.4) is 0 Å². The van der Waals surface area contributed by atoms with Crippen LogP contribution in [0.15, 0.2) is 0 Å². The van der Waals surface area contributed by atoms with Gasteiger partial charge < -0.3 is 15.3 Å². The summed E-state index contributed by atoms with van der Waals surface area (Å²) < 4.78 is 0. The number of aliphatic hydroxyl groups excluding tert-OH is 1. The number of hydrogen-bond acceptors (Lipinski definition) is 3. The minimum atomic E-state index is 0.0857. The van der Waals surface area contributed by atoms with Gasteiger partial charge in [0.15, 0.2) is 0 Å². The Balaban J connectivity index is 1.90. The molecule has 2 fully saturated rings. The molecule has 14 heavy (non-hydrogen) atoms. The highest BCUT2D eigenvalue weighted by atomic mass is 16.3. The van der Waals surface area contributed by atoms with Crippen molar-refractivity contribution in [1.82, 2.24) is 10.2 Å². The van der Waals surface area contributed by atoms with Gasteiger partial charge in [-0.15, -0.1) is 0 Å². The maximum atomic E-state index is 11.9. The lowest BCUT2D eigenvalue weighted by molar-refractivity contribution is -0.141. The molecular formula is C10H18N2O2. The van der Waals surface area contributed by atoms with E-state index in [1.54, 1.807) is 0 Å². The summed E-state index contributed by atoms with van der Waals surface area (Å²) in [4.78, 5) is 13.8. The standard InChI is InChI=1S/C10H18N2O2/c13-5-4-12(9-2-1-3-9)10(14)8-6-11-7-8/h8-9,11,13H,1-7H2. The predicted octanol–water partition coefficient (Wildman–Crippen LogP) is -0.421. The first kappa shape index (κ1) is 9.93. The lowest BCUT2D eigenvalue weighted by Crippen LogP contribution is -2.56. The molecule has 4 nitrogen and oxygen atoms in total. The van der Waals surface area contributed by atoms with Crippen molar-refractivity contribution in [3.63, 3.8) is 0 Å². The van der Waals surface area contributed by atoms with Gasteiger partial charge in [0.05, 0.1) is 12.5 Å². The minimum Gasteiger partial charge on any atom is -0.395 e. The third-order valence-corrected chi connectivity index (χ3v) is 3.27. The first-order valence-corrected chi connectivity index (χ1v) is 5.45. The summed E-state index contributed by atoms with van der Waals surface area (Å²) in [6.45, 7) is 2.23. The molecule has 1 aliphatic heterocycles. The maximum absolute atomic E-state index is 11.9. The summed E-state index contributed by atoms with van der Waals surface area (Å²) in [5.41, 5.74) is 0. The Kier molecular flexibility index (Phi) is 3.03. The molecule has 0 bridgehead atoms. The lowest BCUT2D eigenvalue weighted by atomic mass is 9.89. The van der Waals surface area contributed by atoms with E-state index in [2.05, 4.69) is 5.32 Å². The second-order valence-corrected chi connectivity index (χ2v) is 4.20. The van der Waals surface area contributed by atoms with Gasteiger partial charge in [0.1, 0.15) is 0 Å². The molecule has 0 unspecified atom stereocenters. The molecule has 2 aliphatic rings. The van der Waals surface area contributed by atoms with E-state index >= 15 is 0 Å². The first-order chi connectivity index (χ1) is 6.83. The van der Waals surface area contributed by atoms with Crippen LogP contribution in [-0.2, 0) is 4.79 Å². The summed E-state index contributed by atoms with van der Waals surface area (Å²) in [5, 5.41) is 12.0. The van der Waals surface area contributed by atoms with E-state index in [0.717, 1.165) is 25.9 Å². The van der Waals surface area contributed by atoms with Gasteiger partial charge in [-0.3, -0.25) is 4.79 Å². The molecule has 2 rings (SSSR count). The van der Waals surface area contributed by atoms with Crippen LogP contribution in [0.1, 0.15) is 19.3 Å². The number of carbonyl (C=O) groups is 1. The van der Waals surface area contributed by atoms with Crippen molar-refractivity contribution in [2.24, 2.45) is 5.92 Å². The van der Waals surface area contributed by atoms with Crippen molar-refractivity contribution >= 4 is 5.91 Å². The fraction of sp³-hybridized carbons (Fsp3) is 0.900. The quantitative estimate of drug-likeness (QED) is 0.645. The molecule has 1 amide bonds. The number of amides is 1. The molecule has 1 heterocycles. The Morgan fingerprint density at radius 2 is 2.14 bits per heavy atom. The van der Waals surface area contributed by atoms with Gasteiger partial charge in [0, 0.05) is 25.7 Å². The zero-order chi connectivity index (χ0) is 9.97. The van der Waals surface area contributed by atoms with Gasteiger partial charge >= 0.3 is 0 Å². The number of hydrogen-bond donors (Lipinski definition) is 2. The van der Waals surface area contributed by atoms with Gasteiger partial charge in [-0.2, -0.15) is 0 Å². The van der Waals surface area contributed by atoms with Crippen molar-refractivity contribution < 1.29 is 9.90 Å². The zero-order valence-corrected chi connectivity index (χ0v) is 8.41. The molecule has 1 saturated carbocycles. The van der Waals surface area contributed by atoms with Crippen molar-refractivity contribution in [2.75, 3.05) is 26.2 Å². The Hall–Kier alpha value is -0.610. The zero-order valence-electron chi connectivity index (χ0n) is 8.41. The Bertz CT molecular complexity index is 212. The summed E-state index contributed by atoms with van der Waals surface area (Å²) in [5.74, 6) is 0.407. The average Bonchev–Trinajstić information content (AvgIpc) is 1.96. The smallest absolute Gasteiger partial charge is 0.228 e. The fourth-order valence-corrected chi connectivity index (χ4v) is 1.98. The number of aliphatic hydroxyl groups is 1. The Morgan fingerprint density at radius 1 is 1.43 bits per heavy atom. The van der Waals surface area contributed by atoms with E-state index < -0.39 is 0 Å². The molecule has 0 spiro atoms. The number of nitrogens with zero attached hydrogens (tertiary/aromatic N) is 1. The van der Waals surface area contributed by atoms with Crippen molar-refractivity contribution in [2.45, 2.75) is 25.3 Å². The highest BCUT2D eigenvalue weighted by Crippen LogP contribution is 2.26. The van der Waals surface area contributed by atoms with Crippen LogP contribution >= 0.6 is 0 Å². The third-order valence-electron chi connectivity index (χ3n) is 3.27. The minimum absolute atomic E-state index is 0.0857. The highest BCUT2D eigenvalue weighted by molar-refractivity contribution is 5.80. The van der Waals surface area contributed by atoms with Crippen LogP contribution in [-0.4, -0.2) is 48.2 Å². The molecule has 0 atom stereocenters. The number of carbonyl (C=O) groups excluding carboxylic acids is 1. The van der Waals surface area contributed by atoms with E-state index in [-0.39, 0.29) is 18.4 Å². The fourth-order valence-electron chi connectivity index (χ4n) is 1.98. The van der Waals surface area contributed by atoms with Gasteiger partial charge in [0.25, 0.3) is 0 Å². The van der Waals surface area contributed by atoms with Crippen LogP contribution in [0.25, 0.3) is 0 Å².